The molecule has 70 valence electrons. The number of hydrogen-bond donors (Lipinski definition) is 0. The number of carbonyl (C=O) groups is 1. The topological polar surface area (TPSA) is 30.0 Å². The zero-order valence-electron chi connectivity index (χ0n) is 7.62. The first-order chi connectivity index (χ1) is 6.70. The highest BCUT2D eigenvalue weighted by Crippen LogP contribution is 2.25. The van der Waals surface area contributed by atoms with Crippen molar-refractivity contribution in [1.29, 1.82) is 0 Å². The van der Waals surface area contributed by atoms with Gasteiger partial charge in [-0.15, -0.1) is 0 Å². The summed E-state index contributed by atoms with van der Waals surface area (Å²) >= 11 is 3.42. The van der Waals surface area contributed by atoms with Gasteiger partial charge in [0, 0.05) is 23.0 Å². The molecule has 0 bridgehead atoms. The smallest absolute Gasteiger partial charge is 0.178 e. The number of rotatable bonds is 1. The number of nitrogens with zero attached hydrogens (tertiary/aromatic N) is 1. The van der Waals surface area contributed by atoms with Crippen LogP contribution in [0.1, 0.15) is 17.4 Å². The highest BCUT2D eigenvalue weighted by molar-refractivity contribution is 9.10. The number of pyridine rings is 1. The molecule has 0 saturated heterocycles. The van der Waals surface area contributed by atoms with E-state index >= 15 is 0 Å². The third-order valence-electron chi connectivity index (χ3n) is 2.07. The number of Topliss-reactive ketones (excluding diaryl/α,β-unsaturated/α-hetero) is 1. The number of benzene rings is 1. The second-order valence-electron chi connectivity index (χ2n) is 3.05. The van der Waals surface area contributed by atoms with Crippen LogP contribution in [0.25, 0.3) is 10.8 Å². The van der Waals surface area contributed by atoms with Crippen LogP contribution in [0, 0.1) is 0 Å². The molecule has 0 atom stereocenters. The number of carbonyl (C=O) groups excluding carboxylic acids is 1. The molecule has 0 aliphatic heterocycles. The quantitative estimate of drug-likeness (QED) is 0.727. The van der Waals surface area contributed by atoms with E-state index in [0.717, 1.165) is 15.2 Å². The molecule has 1 aromatic carbocycles. The van der Waals surface area contributed by atoms with E-state index in [1.165, 1.54) is 6.92 Å². The third-order valence-corrected chi connectivity index (χ3v) is 2.73. The fraction of sp³-hybridized carbons (Fsp3) is 0.0909. The van der Waals surface area contributed by atoms with E-state index in [1.807, 2.05) is 24.3 Å². The van der Waals surface area contributed by atoms with Crippen LogP contribution < -0.4 is 0 Å². The summed E-state index contributed by atoms with van der Waals surface area (Å²) in [6.45, 7) is 1.53. The maximum atomic E-state index is 11.3. The second kappa shape index (κ2) is 3.50. The molecule has 3 heteroatoms. The Balaban J connectivity index is 2.91. The second-order valence-corrected chi connectivity index (χ2v) is 3.91. The van der Waals surface area contributed by atoms with E-state index in [-0.39, 0.29) is 5.78 Å². The van der Waals surface area contributed by atoms with Crippen molar-refractivity contribution >= 4 is 32.5 Å². The van der Waals surface area contributed by atoms with E-state index in [0.29, 0.717) is 5.69 Å². The third kappa shape index (κ3) is 1.44. The van der Waals surface area contributed by atoms with Gasteiger partial charge in [0.2, 0.25) is 0 Å². The number of hydrogen-bond acceptors (Lipinski definition) is 2. The van der Waals surface area contributed by atoms with Gasteiger partial charge in [-0.3, -0.25) is 9.78 Å². The first-order valence-corrected chi connectivity index (χ1v) is 5.03. The van der Waals surface area contributed by atoms with Gasteiger partial charge in [0.1, 0.15) is 5.69 Å². The molecular weight excluding hydrogens is 242 g/mol. The minimum atomic E-state index is -0.0116. The average molecular weight is 250 g/mol. The Labute approximate surface area is 90.1 Å². The van der Waals surface area contributed by atoms with Crippen LogP contribution in [-0.4, -0.2) is 10.8 Å². The van der Waals surface area contributed by atoms with E-state index in [1.54, 1.807) is 6.20 Å². The Morgan fingerprint density at radius 2 is 2.14 bits per heavy atom. The molecule has 0 spiro atoms. The summed E-state index contributed by atoms with van der Waals surface area (Å²) in [5.74, 6) is -0.0116. The van der Waals surface area contributed by atoms with Crippen molar-refractivity contribution in [1.82, 2.24) is 4.98 Å². The molecule has 0 amide bonds. The highest BCUT2D eigenvalue weighted by atomic mass is 79.9. The average Bonchev–Trinajstić information content (AvgIpc) is 2.17. The molecule has 0 fully saturated rings. The number of halogens is 1. The summed E-state index contributed by atoms with van der Waals surface area (Å²) in [6, 6.07) is 7.72. The van der Waals surface area contributed by atoms with Crippen molar-refractivity contribution in [3.05, 3.63) is 40.6 Å². The zero-order chi connectivity index (χ0) is 10.1. The molecule has 0 unspecified atom stereocenters. The van der Waals surface area contributed by atoms with Crippen LogP contribution in [-0.2, 0) is 0 Å². The van der Waals surface area contributed by atoms with Crippen LogP contribution in [0.5, 0.6) is 0 Å². The Bertz CT molecular complexity index is 502. The van der Waals surface area contributed by atoms with Gasteiger partial charge >= 0.3 is 0 Å². The number of fused-ring (bicyclic) bond motifs is 1. The van der Waals surface area contributed by atoms with Gasteiger partial charge in [0.05, 0.1) is 0 Å². The van der Waals surface area contributed by atoms with Gasteiger partial charge in [-0.25, -0.2) is 0 Å². The number of aromatic nitrogens is 1. The summed E-state index contributed by atoms with van der Waals surface area (Å²) in [4.78, 5) is 15.4. The van der Waals surface area contributed by atoms with Crippen LogP contribution in [0.4, 0.5) is 0 Å². The minimum Gasteiger partial charge on any atom is -0.293 e. The summed E-state index contributed by atoms with van der Waals surface area (Å²) in [5.41, 5.74) is 0.523. The molecule has 2 nitrogen and oxygen atoms in total. The van der Waals surface area contributed by atoms with Crippen LogP contribution in [0.2, 0.25) is 0 Å². The molecule has 2 rings (SSSR count). The van der Waals surface area contributed by atoms with Crippen molar-refractivity contribution in [2.45, 2.75) is 6.92 Å². The lowest BCUT2D eigenvalue weighted by Gasteiger charge is -2.03. The molecule has 0 aliphatic rings. The summed E-state index contributed by atoms with van der Waals surface area (Å²) in [6.07, 6.45) is 1.66. The molecule has 0 N–H and O–H groups in total. The van der Waals surface area contributed by atoms with E-state index in [9.17, 15) is 4.79 Å². The van der Waals surface area contributed by atoms with Crippen molar-refractivity contribution in [3.63, 3.8) is 0 Å². The van der Waals surface area contributed by atoms with Gasteiger partial charge < -0.3 is 0 Å². The molecular formula is C11H8BrNO. The lowest BCUT2D eigenvalue weighted by molar-refractivity contribution is 0.101. The highest BCUT2D eigenvalue weighted by Gasteiger charge is 2.08. The largest absolute Gasteiger partial charge is 0.293 e. The van der Waals surface area contributed by atoms with Gasteiger partial charge in [0.25, 0.3) is 0 Å². The monoisotopic (exact) mass is 249 g/mol. The maximum Gasteiger partial charge on any atom is 0.178 e. The summed E-state index contributed by atoms with van der Waals surface area (Å²) < 4.78 is 0.910. The Morgan fingerprint density at radius 1 is 1.36 bits per heavy atom. The Morgan fingerprint density at radius 3 is 2.86 bits per heavy atom. The normalized spacial score (nSPS) is 10.4. The van der Waals surface area contributed by atoms with Crippen molar-refractivity contribution in [2.75, 3.05) is 0 Å². The standard InChI is InChI=1S/C11H8BrNO/c1-7(14)11-10-8(5-6-13-11)3-2-4-9(10)12/h2-6H,1H3. The SMILES string of the molecule is CC(=O)c1nccc2cccc(Br)c12. The van der Waals surface area contributed by atoms with Crippen molar-refractivity contribution < 1.29 is 4.79 Å². The van der Waals surface area contributed by atoms with Crippen molar-refractivity contribution in [2.24, 2.45) is 0 Å². The maximum absolute atomic E-state index is 11.3. The molecule has 0 radical (unpaired) electrons. The first-order valence-electron chi connectivity index (χ1n) is 4.24. The lowest BCUT2D eigenvalue weighted by Crippen LogP contribution is -1.97. The van der Waals surface area contributed by atoms with E-state index in [4.69, 9.17) is 0 Å². The van der Waals surface area contributed by atoms with Gasteiger partial charge in [-0.2, -0.15) is 0 Å². The minimum absolute atomic E-state index is 0.0116. The number of ketones is 1. The van der Waals surface area contributed by atoms with E-state index in [2.05, 4.69) is 20.9 Å². The molecule has 0 saturated carbocycles. The first kappa shape index (κ1) is 9.34. The molecule has 2 aromatic rings. The summed E-state index contributed by atoms with van der Waals surface area (Å²) in [7, 11) is 0. The predicted molar refractivity (Wildman–Crippen MR) is 59.4 cm³/mol. The fourth-order valence-corrected chi connectivity index (χ4v) is 2.02. The molecule has 1 aromatic heterocycles. The van der Waals surface area contributed by atoms with Gasteiger partial charge in [-0.05, 0) is 17.5 Å². The van der Waals surface area contributed by atoms with Gasteiger partial charge in [-0.1, -0.05) is 28.1 Å². The van der Waals surface area contributed by atoms with Crippen LogP contribution >= 0.6 is 15.9 Å². The molecule has 14 heavy (non-hydrogen) atoms. The Hall–Kier alpha value is -1.22. The molecule has 1 heterocycles. The summed E-state index contributed by atoms with van der Waals surface area (Å²) in [5, 5.41) is 1.92. The van der Waals surface area contributed by atoms with Gasteiger partial charge in [0.15, 0.2) is 5.78 Å². The van der Waals surface area contributed by atoms with Crippen molar-refractivity contribution in [3.8, 4) is 0 Å². The Kier molecular flexibility index (Phi) is 2.33. The fourth-order valence-electron chi connectivity index (χ4n) is 1.45. The predicted octanol–water partition coefficient (Wildman–Crippen LogP) is 3.20. The zero-order valence-corrected chi connectivity index (χ0v) is 9.21. The van der Waals surface area contributed by atoms with E-state index < -0.39 is 0 Å². The lowest BCUT2D eigenvalue weighted by atomic mass is 10.1. The van der Waals surface area contributed by atoms with Crippen LogP contribution in [0.3, 0.4) is 0 Å². The van der Waals surface area contributed by atoms with Crippen LogP contribution in [0.15, 0.2) is 34.9 Å². The molecule has 0 aliphatic carbocycles.